The van der Waals surface area contributed by atoms with Crippen LogP contribution in [-0.2, 0) is 16.1 Å². The average Bonchev–Trinajstić information content (AvgIpc) is 2.81. The summed E-state index contributed by atoms with van der Waals surface area (Å²) in [6.07, 6.45) is 3.78. The smallest absolute Gasteiger partial charge is 0.242 e. The van der Waals surface area contributed by atoms with Gasteiger partial charge in [0, 0.05) is 12.4 Å². The van der Waals surface area contributed by atoms with Crippen molar-refractivity contribution in [3.63, 3.8) is 0 Å². The molecule has 2 aromatic heterocycles. The Morgan fingerprint density at radius 1 is 1.42 bits per heavy atom. The molecule has 0 spiro atoms. The molecule has 6 nitrogen and oxygen atoms in total. The Bertz CT molecular complexity index is 616. The molecular formula is C13H14N4O2. The topological polar surface area (TPSA) is 66.7 Å². The van der Waals surface area contributed by atoms with E-state index >= 15 is 0 Å². The number of aromatic nitrogens is 2. The van der Waals surface area contributed by atoms with Crippen LogP contribution < -0.4 is 5.32 Å². The fourth-order valence-corrected chi connectivity index (χ4v) is 2.23. The van der Waals surface area contributed by atoms with Crippen molar-refractivity contribution < 1.29 is 9.59 Å². The molecule has 1 atom stereocenters. The molecule has 1 saturated heterocycles. The third-order valence-electron chi connectivity index (χ3n) is 3.33. The van der Waals surface area contributed by atoms with Crippen LogP contribution in [0, 0.1) is 0 Å². The van der Waals surface area contributed by atoms with Gasteiger partial charge < -0.3 is 14.6 Å². The number of hydrogen-bond acceptors (Lipinski definition) is 3. The van der Waals surface area contributed by atoms with E-state index in [1.165, 1.54) is 0 Å². The molecule has 6 heteroatoms. The Morgan fingerprint density at radius 2 is 2.26 bits per heavy atom. The Balaban J connectivity index is 1.87. The molecule has 0 radical (unpaired) electrons. The second kappa shape index (κ2) is 4.38. The molecule has 1 N–H and O–H groups in total. The molecule has 0 aliphatic carbocycles. The number of pyridine rings is 1. The number of amides is 2. The van der Waals surface area contributed by atoms with Gasteiger partial charge in [-0.05, 0) is 19.1 Å². The third kappa shape index (κ3) is 2.05. The van der Waals surface area contributed by atoms with Gasteiger partial charge in [-0.2, -0.15) is 0 Å². The maximum Gasteiger partial charge on any atom is 0.242 e. The van der Waals surface area contributed by atoms with Gasteiger partial charge in [-0.25, -0.2) is 4.98 Å². The molecule has 2 amide bonds. The zero-order valence-corrected chi connectivity index (χ0v) is 10.5. The predicted molar refractivity (Wildman–Crippen MR) is 68.2 cm³/mol. The second-order valence-electron chi connectivity index (χ2n) is 4.61. The van der Waals surface area contributed by atoms with Crippen molar-refractivity contribution in [1.82, 2.24) is 19.6 Å². The van der Waals surface area contributed by atoms with Gasteiger partial charge in [0.05, 0.1) is 18.8 Å². The van der Waals surface area contributed by atoms with Gasteiger partial charge in [-0.3, -0.25) is 9.59 Å². The molecule has 1 aliphatic rings. The van der Waals surface area contributed by atoms with Crippen LogP contribution in [-0.4, -0.2) is 38.7 Å². The lowest BCUT2D eigenvalue weighted by Crippen LogP contribution is -2.56. The molecule has 1 aliphatic heterocycles. The van der Waals surface area contributed by atoms with Crippen molar-refractivity contribution in [2.75, 3.05) is 6.54 Å². The molecule has 2 aromatic rings. The monoisotopic (exact) mass is 258 g/mol. The molecule has 3 heterocycles. The van der Waals surface area contributed by atoms with Crippen LogP contribution in [0.15, 0.2) is 30.6 Å². The molecular weight excluding hydrogens is 244 g/mol. The number of carbonyl (C=O) groups excluding carboxylic acids is 2. The number of fused-ring (bicyclic) bond motifs is 1. The first-order valence-corrected chi connectivity index (χ1v) is 6.15. The Kier molecular flexibility index (Phi) is 2.70. The molecule has 0 saturated carbocycles. The number of imidazole rings is 1. The quantitative estimate of drug-likeness (QED) is 0.835. The van der Waals surface area contributed by atoms with E-state index < -0.39 is 6.04 Å². The fraction of sp³-hybridized carbons (Fsp3) is 0.308. The van der Waals surface area contributed by atoms with E-state index in [1.54, 1.807) is 11.8 Å². The van der Waals surface area contributed by atoms with Gasteiger partial charge in [0.25, 0.3) is 0 Å². The van der Waals surface area contributed by atoms with Gasteiger partial charge in [-0.15, -0.1) is 0 Å². The van der Waals surface area contributed by atoms with Crippen LogP contribution in [0.2, 0.25) is 0 Å². The zero-order valence-electron chi connectivity index (χ0n) is 10.5. The first-order chi connectivity index (χ1) is 9.15. The van der Waals surface area contributed by atoms with Crippen molar-refractivity contribution in [2.24, 2.45) is 0 Å². The van der Waals surface area contributed by atoms with Gasteiger partial charge in [-0.1, -0.05) is 6.07 Å². The van der Waals surface area contributed by atoms with Crippen LogP contribution in [0.25, 0.3) is 5.65 Å². The normalized spacial score (nSPS) is 19.8. The number of piperazine rings is 1. The van der Waals surface area contributed by atoms with Crippen molar-refractivity contribution in [3.05, 3.63) is 36.3 Å². The molecule has 19 heavy (non-hydrogen) atoms. The van der Waals surface area contributed by atoms with Gasteiger partial charge >= 0.3 is 0 Å². The van der Waals surface area contributed by atoms with E-state index in [2.05, 4.69) is 10.3 Å². The SMILES string of the molecule is CC1C(=O)NCC(=O)N1Cc1cn2ccccc2n1. The number of hydrogen-bond donors (Lipinski definition) is 1. The Hall–Kier alpha value is -2.37. The minimum Gasteiger partial charge on any atom is -0.345 e. The first kappa shape index (κ1) is 11.7. The number of nitrogens with zero attached hydrogens (tertiary/aromatic N) is 3. The summed E-state index contributed by atoms with van der Waals surface area (Å²) in [6, 6.07) is 5.28. The lowest BCUT2D eigenvalue weighted by molar-refractivity contribution is -0.145. The largest absolute Gasteiger partial charge is 0.345 e. The number of nitrogens with one attached hydrogen (secondary N) is 1. The maximum atomic E-state index is 11.8. The summed E-state index contributed by atoms with van der Waals surface area (Å²) in [7, 11) is 0. The molecule has 1 unspecified atom stereocenters. The summed E-state index contributed by atoms with van der Waals surface area (Å²) in [6.45, 7) is 2.15. The molecule has 3 rings (SSSR count). The van der Waals surface area contributed by atoms with Gasteiger partial charge in [0.2, 0.25) is 11.8 Å². The van der Waals surface area contributed by atoms with Crippen molar-refractivity contribution in [3.8, 4) is 0 Å². The summed E-state index contributed by atoms with van der Waals surface area (Å²) in [5.74, 6) is -0.201. The molecule has 98 valence electrons. The molecule has 0 aromatic carbocycles. The standard InChI is InChI=1S/C13H14N4O2/c1-9-13(19)14-6-12(18)17(9)8-10-7-16-5-3-2-4-11(16)15-10/h2-5,7,9H,6,8H2,1H3,(H,14,19). The third-order valence-corrected chi connectivity index (χ3v) is 3.33. The van der Waals surface area contributed by atoms with E-state index in [0.29, 0.717) is 6.54 Å². The Labute approximate surface area is 110 Å². The highest BCUT2D eigenvalue weighted by molar-refractivity contribution is 5.94. The van der Waals surface area contributed by atoms with Gasteiger partial charge in [0.15, 0.2) is 0 Å². The second-order valence-corrected chi connectivity index (χ2v) is 4.61. The molecule has 1 fully saturated rings. The molecule has 0 bridgehead atoms. The number of rotatable bonds is 2. The van der Waals surface area contributed by atoms with E-state index in [1.807, 2.05) is 35.0 Å². The van der Waals surface area contributed by atoms with Crippen LogP contribution in [0.3, 0.4) is 0 Å². The lowest BCUT2D eigenvalue weighted by Gasteiger charge is -2.32. The van der Waals surface area contributed by atoms with Crippen LogP contribution in [0.4, 0.5) is 0 Å². The van der Waals surface area contributed by atoms with Crippen LogP contribution in [0.5, 0.6) is 0 Å². The number of carbonyl (C=O) groups is 2. The van der Waals surface area contributed by atoms with E-state index in [-0.39, 0.29) is 18.4 Å². The summed E-state index contributed by atoms with van der Waals surface area (Å²) in [5, 5.41) is 2.57. The van der Waals surface area contributed by atoms with E-state index in [0.717, 1.165) is 11.3 Å². The van der Waals surface area contributed by atoms with Crippen LogP contribution >= 0.6 is 0 Å². The van der Waals surface area contributed by atoms with Crippen molar-refractivity contribution in [2.45, 2.75) is 19.5 Å². The van der Waals surface area contributed by atoms with E-state index in [4.69, 9.17) is 0 Å². The highest BCUT2D eigenvalue weighted by Crippen LogP contribution is 2.12. The minimum atomic E-state index is -0.453. The van der Waals surface area contributed by atoms with E-state index in [9.17, 15) is 9.59 Å². The maximum absolute atomic E-state index is 11.8. The fourth-order valence-electron chi connectivity index (χ4n) is 2.23. The minimum absolute atomic E-state index is 0.0660. The lowest BCUT2D eigenvalue weighted by atomic mass is 10.2. The summed E-state index contributed by atoms with van der Waals surface area (Å²) < 4.78 is 1.90. The first-order valence-electron chi connectivity index (χ1n) is 6.15. The highest BCUT2D eigenvalue weighted by Gasteiger charge is 2.31. The van der Waals surface area contributed by atoms with Crippen LogP contribution in [0.1, 0.15) is 12.6 Å². The highest BCUT2D eigenvalue weighted by atomic mass is 16.2. The van der Waals surface area contributed by atoms with Crippen molar-refractivity contribution in [1.29, 1.82) is 0 Å². The van der Waals surface area contributed by atoms with Crippen molar-refractivity contribution >= 4 is 17.5 Å². The Morgan fingerprint density at radius 3 is 3.05 bits per heavy atom. The zero-order chi connectivity index (χ0) is 13.4. The average molecular weight is 258 g/mol. The summed E-state index contributed by atoms with van der Waals surface area (Å²) in [4.78, 5) is 29.4. The van der Waals surface area contributed by atoms with Gasteiger partial charge in [0.1, 0.15) is 11.7 Å². The summed E-state index contributed by atoms with van der Waals surface area (Å²) in [5.41, 5.74) is 1.61. The summed E-state index contributed by atoms with van der Waals surface area (Å²) >= 11 is 0. The predicted octanol–water partition coefficient (Wildman–Crippen LogP) is 0.181.